The molecule has 6 nitrogen and oxygen atoms in total. The van der Waals surface area contributed by atoms with Crippen LogP contribution in [0.15, 0.2) is 28.1 Å². The second-order valence-corrected chi connectivity index (χ2v) is 6.14. The van der Waals surface area contributed by atoms with Crippen LogP contribution in [0.2, 0.25) is 0 Å². The average Bonchev–Trinajstić information content (AvgIpc) is 2.34. The van der Waals surface area contributed by atoms with Crippen molar-refractivity contribution in [2.45, 2.75) is 4.90 Å². The highest BCUT2D eigenvalue weighted by atomic mass is 32.2. The fraction of sp³-hybridized carbons (Fsp3) is 0.0833. The summed E-state index contributed by atoms with van der Waals surface area (Å²) < 4.78 is 23.9. The normalized spacial score (nSPS) is 16.4. The third kappa shape index (κ3) is 1.48. The number of aromatic hydroxyl groups is 3. The van der Waals surface area contributed by atoms with Gasteiger partial charge in [-0.05, 0) is 6.07 Å². The van der Waals surface area contributed by atoms with E-state index < -0.39 is 20.5 Å². The largest absolute Gasteiger partial charge is 0.507 e. The van der Waals surface area contributed by atoms with Gasteiger partial charge in [0, 0.05) is 11.6 Å². The monoisotopic (exact) mass is 279 g/mol. The maximum absolute atomic E-state index is 12.0. The molecule has 0 unspecified atom stereocenters. The van der Waals surface area contributed by atoms with Gasteiger partial charge >= 0.3 is 0 Å². The molecule has 0 fully saturated rings. The summed E-state index contributed by atoms with van der Waals surface area (Å²) in [7, 11) is -3.77. The predicted octanol–water partition coefficient (Wildman–Crippen LogP) is 1.45. The summed E-state index contributed by atoms with van der Waals surface area (Å²) in [6.07, 6.45) is 1.16. The van der Waals surface area contributed by atoms with E-state index in [-0.39, 0.29) is 33.7 Å². The molecule has 0 saturated heterocycles. The third-order valence-corrected chi connectivity index (χ3v) is 4.61. The number of phenolic OH excluding ortho intramolecular Hbond substituents is 3. The van der Waals surface area contributed by atoms with E-state index in [0.717, 1.165) is 6.21 Å². The van der Waals surface area contributed by atoms with E-state index >= 15 is 0 Å². The summed E-state index contributed by atoms with van der Waals surface area (Å²) in [6.45, 7) is 0. The van der Waals surface area contributed by atoms with Gasteiger partial charge < -0.3 is 15.3 Å². The van der Waals surface area contributed by atoms with E-state index in [9.17, 15) is 23.7 Å². The molecular formula is C12H9NO5S. The van der Waals surface area contributed by atoms with Crippen molar-refractivity contribution in [2.75, 3.05) is 5.75 Å². The SMILES string of the molecule is O=S1(=O)CC=Nc2c1c(O)c1c(O)cccc1c2O. The van der Waals surface area contributed by atoms with Crippen LogP contribution >= 0.6 is 0 Å². The molecule has 0 bridgehead atoms. The fourth-order valence-electron chi connectivity index (χ4n) is 2.17. The molecule has 0 saturated carbocycles. The molecule has 2 aromatic rings. The molecular weight excluding hydrogens is 270 g/mol. The van der Waals surface area contributed by atoms with Gasteiger partial charge in [-0.2, -0.15) is 0 Å². The number of phenols is 3. The third-order valence-electron chi connectivity index (χ3n) is 3.01. The van der Waals surface area contributed by atoms with Crippen molar-refractivity contribution >= 4 is 32.5 Å². The van der Waals surface area contributed by atoms with Gasteiger partial charge in [0.05, 0.1) is 11.1 Å². The number of hydrogen-bond donors (Lipinski definition) is 3. The van der Waals surface area contributed by atoms with E-state index in [1.807, 2.05) is 0 Å². The molecule has 0 aromatic heterocycles. The van der Waals surface area contributed by atoms with E-state index in [1.165, 1.54) is 18.2 Å². The number of nitrogens with zero attached hydrogens (tertiary/aromatic N) is 1. The molecule has 1 heterocycles. The van der Waals surface area contributed by atoms with Crippen LogP contribution in [-0.4, -0.2) is 35.7 Å². The quantitative estimate of drug-likeness (QED) is 0.632. The number of benzene rings is 2. The highest BCUT2D eigenvalue weighted by Crippen LogP contribution is 2.50. The zero-order valence-electron chi connectivity index (χ0n) is 9.53. The molecule has 98 valence electrons. The number of fused-ring (bicyclic) bond motifs is 2. The van der Waals surface area contributed by atoms with Crippen LogP contribution in [-0.2, 0) is 9.84 Å². The van der Waals surface area contributed by atoms with E-state index in [4.69, 9.17) is 0 Å². The lowest BCUT2D eigenvalue weighted by atomic mass is 10.1. The Labute approximate surface area is 108 Å². The lowest BCUT2D eigenvalue weighted by molar-refractivity contribution is 0.447. The molecule has 0 aliphatic carbocycles. The first kappa shape index (κ1) is 11.8. The van der Waals surface area contributed by atoms with Gasteiger partial charge in [-0.15, -0.1) is 0 Å². The summed E-state index contributed by atoms with van der Waals surface area (Å²) in [4.78, 5) is 3.39. The maximum Gasteiger partial charge on any atom is 0.189 e. The number of hydrogen-bond acceptors (Lipinski definition) is 6. The predicted molar refractivity (Wildman–Crippen MR) is 69.1 cm³/mol. The number of sulfone groups is 1. The van der Waals surface area contributed by atoms with Crippen molar-refractivity contribution in [3.63, 3.8) is 0 Å². The fourth-order valence-corrected chi connectivity index (χ4v) is 3.45. The maximum atomic E-state index is 12.0. The van der Waals surface area contributed by atoms with Gasteiger partial charge in [-0.1, -0.05) is 12.1 Å². The Morgan fingerprint density at radius 1 is 1.11 bits per heavy atom. The van der Waals surface area contributed by atoms with Crippen LogP contribution < -0.4 is 0 Å². The molecule has 1 aliphatic heterocycles. The number of rotatable bonds is 0. The van der Waals surface area contributed by atoms with Gasteiger partial charge in [0.25, 0.3) is 0 Å². The van der Waals surface area contributed by atoms with Gasteiger partial charge in [0.15, 0.2) is 15.6 Å². The van der Waals surface area contributed by atoms with Crippen molar-refractivity contribution in [3.8, 4) is 17.2 Å². The highest BCUT2D eigenvalue weighted by Gasteiger charge is 2.31. The Balaban J connectivity index is 2.64. The molecule has 3 rings (SSSR count). The van der Waals surface area contributed by atoms with Crippen molar-refractivity contribution in [2.24, 2.45) is 4.99 Å². The van der Waals surface area contributed by atoms with Crippen molar-refractivity contribution in [1.29, 1.82) is 0 Å². The number of aliphatic imine (C=N–C) groups is 1. The Hall–Kier alpha value is -2.28. The van der Waals surface area contributed by atoms with E-state index in [2.05, 4.69) is 4.99 Å². The van der Waals surface area contributed by atoms with Gasteiger partial charge in [0.2, 0.25) is 0 Å². The lowest BCUT2D eigenvalue weighted by Crippen LogP contribution is -2.12. The van der Waals surface area contributed by atoms with Crippen molar-refractivity contribution in [1.82, 2.24) is 0 Å². The van der Waals surface area contributed by atoms with Crippen LogP contribution in [0.1, 0.15) is 0 Å². The van der Waals surface area contributed by atoms with Crippen LogP contribution in [0.25, 0.3) is 10.8 Å². The minimum absolute atomic E-state index is 0.0978. The summed E-state index contributed by atoms with van der Waals surface area (Å²) in [5.74, 6) is -1.62. The summed E-state index contributed by atoms with van der Waals surface area (Å²) in [5.41, 5.74) is -0.193. The summed E-state index contributed by atoms with van der Waals surface area (Å²) in [5, 5.41) is 30.0. The lowest BCUT2D eigenvalue weighted by Gasteiger charge is -2.16. The first-order valence-electron chi connectivity index (χ1n) is 5.38. The highest BCUT2D eigenvalue weighted by molar-refractivity contribution is 7.92. The Morgan fingerprint density at radius 3 is 2.58 bits per heavy atom. The smallest absolute Gasteiger partial charge is 0.189 e. The second kappa shape index (κ2) is 3.61. The van der Waals surface area contributed by atoms with E-state index in [1.54, 1.807) is 0 Å². The zero-order chi connectivity index (χ0) is 13.8. The molecule has 7 heteroatoms. The minimum Gasteiger partial charge on any atom is -0.507 e. The molecule has 1 aliphatic rings. The minimum atomic E-state index is -3.77. The van der Waals surface area contributed by atoms with Gasteiger partial charge in [-0.3, -0.25) is 4.99 Å². The Morgan fingerprint density at radius 2 is 1.84 bits per heavy atom. The zero-order valence-corrected chi connectivity index (χ0v) is 10.3. The topological polar surface area (TPSA) is 107 Å². The Bertz CT molecular complexity index is 839. The summed E-state index contributed by atoms with van der Waals surface area (Å²) >= 11 is 0. The molecule has 2 aromatic carbocycles. The van der Waals surface area contributed by atoms with Crippen molar-refractivity contribution in [3.05, 3.63) is 18.2 Å². The average molecular weight is 279 g/mol. The molecule has 0 atom stereocenters. The van der Waals surface area contributed by atoms with Crippen LogP contribution in [0, 0.1) is 0 Å². The standard InChI is InChI=1S/C12H9NO5S/c14-7-3-1-2-6-8(7)11(16)12-9(10(6)15)13-4-5-19(12,17)18/h1-4,14-16H,5H2. The molecule has 3 N–H and O–H groups in total. The Kier molecular flexibility index (Phi) is 2.24. The van der Waals surface area contributed by atoms with Gasteiger partial charge in [0.1, 0.15) is 22.1 Å². The molecule has 19 heavy (non-hydrogen) atoms. The van der Waals surface area contributed by atoms with Crippen LogP contribution in [0.4, 0.5) is 5.69 Å². The molecule has 0 spiro atoms. The first-order valence-corrected chi connectivity index (χ1v) is 7.03. The van der Waals surface area contributed by atoms with Gasteiger partial charge in [-0.25, -0.2) is 8.42 Å². The van der Waals surface area contributed by atoms with Crippen LogP contribution in [0.3, 0.4) is 0 Å². The first-order chi connectivity index (χ1) is 8.93. The van der Waals surface area contributed by atoms with Crippen LogP contribution in [0.5, 0.6) is 17.2 Å². The van der Waals surface area contributed by atoms with E-state index in [0.29, 0.717) is 0 Å². The van der Waals surface area contributed by atoms with Crippen molar-refractivity contribution < 1.29 is 23.7 Å². The molecule has 0 amide bonds. The summed E-state index contributed by atoms with van der Waals surface area (Å²) in [6, 6.07) is 4.23. The second-order valence-electron chi connectivity index (χ2n) is 4.17. The molecule has 0 radical (unpaired) electrons.